The first kappa shape index (κ1) is 17.6. The van der Waals surface area contributed by atoms with Gasteiger partial charge in [-0.05, 0) is 44.4 Å². The van der Waals surface area contributed by atoms with Gasteiger partial charge in [-0.3, -0.25) is 4.79 Å². The molecular weight excluding hydrogens is 309 g/mol. The molecule has 1 saturated carbocycles. The molecule has 0 radical (unpaired) electrons. The van der Waals surface area contributed by atoms with Crippen molar-refractivity contribution in [2.75, 3.05) is 6.54 Å². The average Bonchev–Trinajstić information content (AvgIpc) is 2.93. The van der Waals surface area contributed by atoms with Gasteiger partial charge in [0, 0.05) is 6.04 Å². The average molecular weight is 330 g/mol. The summed E-state index contributed by atoms with van der Waals surface area (Å²) in [6, 6.07) is 4.84. The third-order valence-electron chi connectivity index (χ3n) is 4.15. The first-order chi connectivity index (χ1) is 10.8. The van der Waals surface area contributed by atoms with Gasteiger partial charge in [-0.1, -0.05) is 18.6 Å². The maximum atomic E-state index is 12.9. The highest BCUT2D eigenvalue weighted by molar-refractivity contribution is 5.81. The van der Waals surface area contributed by atoms with Gasteiger partial charge in [0.1, 0.15) is 5.75 Å². The van der Waals surface area contributed by atoms with Gasteiger partial charge in [0.15, 0.2) is 6.10 Å². The van der Waals surface area contributed by atoms with Crippen LogP contribution in [0.25, 0.3) is 0 Å². The van der Waals surface area contributed by atoms with Crippen molar-refractivity contribution in [2.24, 2.45) is 11.7 Å². The fourth-order valence-electron chi connectivity index (χ4n) is 2.86. The van der Waals surface area contributed by atoms with E-state index in [9.17, 15) is 18.0 Å². The minimum Gasteiger partial charge on any atom is -0.480 e. The zero-order valence-electron chi connectivity index (χ0n) is 12.9. The molecule has 1 aliphatic carbocycles. The molecule has 128 valence electrons. The smallest absolute Gasteiger partial charge is 0.419 e. The van der Waals surface area contributed by atoms with E-state index >= 15 is 0 Å². The summed E-state index contributed by atoms with van der Waals surface area (Å²) >= 11 is 0. The number of nitrogens with two attached hydrogens (primary N) is 1. The summed E-state index contributed by atoms with van der Waals surface area (Å²) < 4.78 is 44.0. The monoisotopic (exact) mass is 330 g/mol. The largest absolute Gasteiger partial charge is 0.480 e. The van der Waals surface area contributed by atoms with Crippen LogP contribution < -0.4 is 15.8 Å². The Hall–Kier alpha value is -1.76. The third-order valence-corrected chi connectivity index (χ3v) is 4.15. The van der Waals surface area contributed by atoms with E-state index in [1.54, 1.807) is 0 Å². The zero-order chi connectivity index (χ0) is 17.0. The van der Waals surface area contributed by atoms with E-state index in [0.29, 0.717) is 6.54 Å². The Balaban J connectivity index is 2.02. The predicted molar refractivity (Wildman–Crippen MR) is 79.9 cm³/mol. The molecule has 0 saturated heterocycles. The molecule has 0 aliphatic heterocycles. The number of nitrogens with one attached hydrogen (secondary N) is 1. The van der Waals surface area contributed by atoms with Crippen LogP contribution in [0.4, 0.5) is 13.2 Å². The fourth-order valence-corrected chi connectivity index (χ4v) is 2.86. The van der Waals surface area contributed by atoms with Gasteiger partial charge >= 0.3 is 6.18 Å². The van der Waals surface area contributed by atoms with E-state index in [4.69, 9.17) is 10.5 Å². The van der Waals surface area contributed by atoms with E-state index < -0.39 is 23.8 Å². The summed E-state index contributed by atoms with van der Waals surface area (Å²) in [5.74, 6) is -0.551. The highest BCUT2D eigenvalue weighted by atomic mass is 19.4. The molecular formula is C16H21F3N2O2. The molecule has 0 bridgehead atoms. The number of carbonyl (C=O) groups is 1. The first-order valence-electron chi connectivity index (χ1n) is 7.66. The van der Waals surface area contributed by atoms with Gasteiger partial charge < -0.3 is 15.8 Å². The van der Waals surface area contributed by atoms with E-state index in [0.717, 1.165) is 25.3 Å². The van der Waals surface area contributed by atoms with E-state index in [1.165, 1.54) is 25.1 Å². The van der Waals surface area contributed by atoms with Gasteiger partial charge in [-0.2, -0.15) is 13.2 Å². The maximum absolute atomic E-state index is 12.9. The highest BCUT2D eigenvalue weighted by Gasteiger charge is 2.35. The van der Waals surface area contributed by atoms with E-state index in [2.05, 4.69) is 5.32 Å². The minimum absolute atomic E-state index is 0.0311. The lowest BCUT2D eigenvalue weighted by molar-refractivity contribution is -0.140. The van der Waals surface area contributed by atoms with Crippen molar-refractivity contribution in [3.8, 4) is 5.75 Å². The topological polar surface area (TPSA) is 64.3 Å². The molecule has 1 aromatic carbocycles. The van der Waals surface area contributed by atoms with Gasteiger partial charge in [-0.15, -0.1) is 0 Å². The number of alkyl halides is 3. The molecule has 1 fully saturated rings. The number of amides is 1. The van der Waals surface area contributed by atoms with Gasteiger partial charge in [-0.25, -0.2) is 0 Å². The molecule has 2 rings (SSSR count). The van der Waals surface area contributed by atoms with Crippen LogP contribution in [0.5, 0.6) is 5.75 Å². The molecule has 23 heavy (non-hydrogen) atoms. The third kappa shape index (κ3) is 4.37. The Labute approximate surface area is 133 Å². The van der Waals surface area contributed by atoms with Crippen LogP contribution in [-0.4, -0.2) is 24.6 Å². The molecule has 4 nitrogen and oxygen atoms in total. The molecule has 1 aliphatic rings. The van der Waals surface area contributed by atoms with Crippen molar-refractivity contribution >= 4 is 5.91 Å². The van der Waals surface area contributed by atoms with Crippen molar-refractivity contribution in [3.05, 3.63) is 29.8 Å². The number of halogens is 3. The lowest BCUT2D eigenvalue weighted by Crippen LogP contribution is -2.45. The number of rotatable bonds is 5. The Morgan fingerprint density at radius 3 is 2.74 bits per heavy atom. The summed E-state index contributed by atoms with van der Waals surface area (Å²) in [6.07, 6.45) is -2.77. The standard InChI is InChI=1S/C16H21F3N2O2/c1-10(15(22)21-13-7-4-5-11(13)9-20)23-14-8-3-2-6-12(14)16(17,18)19/h2-3,6,8,10-11,13H,4-5,7,9,20H2,1H3,(H,21,22). The van der Waals surface area contributed by atoms with Gasteiger partial charge in [0.2, 0.25) is 0 Å². The Bertz CT molecular complexity index is 548. The molecule has 3 unspecified atom stereocenters. The molecule has 1 aromatic rings. The van der Waals surface area contributed by atoms with Crippen LogP contribution in [0, 0.1) is 5.92 Å². The van der Waals surface area contributed by atoms with Crippen LogP contribution >= 0.6 is 0 Å². The van der Waals surface area contributed by atoms with Crippen LogP contribution in [0.15, 0.2) is 24.3 Å². The number of para-hydroxylation sites is 1. The Morgan fingerprint density at radius 1 is 1.39 bits per heavy atom. The van der Waals surface area contributed by atoms with Crippen molar-refractivity contribution in [3.63, 3.8) is 0 Å². The SMILES string of the molecule is CC(Oc1ccccc1C(F)(F)F)C(=O)NC1CCCC1CN. The first-order valence-corrected chi connectivity index (χ1v) is 7.66. The lowest BCUT2D eigenvalue weighted by Gasteiger charge is -2.23. The maximum Gasteiger partial charge on any atom is 0.419 e. The molecule has 3 N–H and O–H groups in total. The van der Waals surface area contributed by atoms with Crippen LogP contribution in [0.2, 0.25) is 0 Å². The summed E-state index contributed by atoms with van der Waals surface area (Å²) in [5, 5.41) is 2.83. The number of carbonyl (C=O) groups excluding carboxylic acids is 1. The highest BCUT2D eigenvalue weighted by Crippen LogP contribution is 2.36. The minimum atomic E-state index is -4.52. The normalized spacial score (nSPS) is 22.7. The second-order valence-corrected chi connectivity index (χ2v) is 5.80. The number of hydrogen-bond acceptors (Lipinski definition) is 3. The molecule has 0 spiro atoms. The van der Waals surface area contributed by atoms with Crippen molar-refractivity contribution in [1.29, 1.82) is 0 Å². The molecule has 7 heteroatoms. The van der Waals surface area contributed by atoms with E-state index in [-0.39, 0.29) is 17.7 Å². The lowest BCUT2D eigenvalue weighted by atomic mass is 10.0. The van der Waals surface area contributed by atoms with Crippen molar-refractivity contribution in [1.82, 2.24) is 5.32 Å². The molecule has 1 amide bonds. The second-order valence-electron chi connectivity index (χ2n) is 5.80. The van der Waals surface area contributed by atoms with Gasteiger partial charge in [0.05, 0.1) is 5.56 Å². The fraction of sp³-hybridized carbons (Fsp3) is 0.562. The summed E-state index contributed by atoms with van der Waals surface area (Å²) in [7, 11) is 0. The summed E-state index contributed by atoms with van der Waals surface area (Å²) in [5.41, 5.74) is 4.77. The van der Waals surface area contributed by atoms with Gasteiger partial charge in [0.25, 0.3) is 5.91 Å². The number of ether oxygens (including phenoxy) is 1. The number of benzene rings is 1. The Morgan fingerprint density at radius 2 is 2.09 bits per heavy atom. The second kappa shape index (κ2) is 7.21. The van der Waals surface area contributed by atoms with Crippen LogP contribution in [-0.2, 0) is 11.0 Å². The van der Waals surface area contributed by atoms with Crippen molar-refractivity contribution in [2.45, 2.75) is 44.5 Å². The van der Waals surface area contributed by atoms with Crippen LogP contribution in [0.3, 0.4) is 0 Å². The summed E-state index contributed by atoms with van der Waals surface area (Å²) in [4.78, 5) is 12.2. The summed E-state index contributed by atoms with van der Waals surface area (Å²) in [6.45, 7) is 1.92. The molecule has 0 aromatic heterocycles. The predicted octanol–water partition coefficient (Wildman–Crippen LogP) is 2.72. The van der Waals surface area contributed by atoms with Crippen molar-refractivity contribution < 1.29 is 22.7 Å². The molecule has 0 heterocycles. The Kier molecular flexibility index (Phi) is 5.51. The van der Waals surface area contributed by atoms with Crippen LogP contribution in [0.1, 0.15) is 31.7 Å². The van der Waals surface area contributed by atoms with E-state index in [1.807, 2.05) is 0 Å². The zero-order valence-corrected chi connectivity index (χ0v) is 12.9. The molecule has 3 atom stereocenters. The quantitative estimate of drug-likeness (QED) is 0.872. The number of hydrogen-bond donors (Lipinski definition) is 2.